The average molecular weight is 424 g/mol. The molecule has 0 aromatic heterocycles. The molecular weight excluding hydrogens is 394 g/mol. The maximum absolute atomic E-state index is 13.2. The summed E-state index contributed by atoms with van der Waals surface area (Å²) in [7, 11) is 0. The van der Waals surface area contributed by atoms with Crippen LogP contribution < -0.4 is 20.5 Å². The van der Waals surface area contributed by atoms with Crippen molar-refractivity contribution in [3.8, 4) is 11.5 Å². The number of amides is 2. The van der Waals surface area contributed by atoms with Crippen molar-refractivity contribution in [2.45, 2.75) is 44.1 Å². The second kappa shape index (κ2) is 9.67. The second-order valence-corrected chi connectivity index (χ2v) is 7.88. The summed E-state index contributed by atoms with van der Waals surface area (Å²) in [6.45, 7) is 2.79. The number of rotatable bonds is 6. The van der Waals surface area contributed by atoms with Gasteiger partial charge in [-0.1, -0.05) is 6.07 Å². The molecule has 1 saturated carbocycles. The molecule has 7 nitrogen and oxygen atoms in total. The van der Waals surface area contributed by atoms with Crippen LogP contribution in [0.15, 0.2) is 18.2 Å². The first-order chi connectivity index (χ1) is 13.7. The Morgan fingerprint density at radius 2 is 1.97 bits per heavy atom. The molecule has 3 atom stereocenters. The number of halogens is 1. The van der Waals surface area contributed by atoms with Gasteiger partial charge in [-0.15, -0.1) is 12.4 Å². The third kappa shape index (κ3) is 4.95. The van der Waals surface area contributed by atoms with Crippen LogP contribution in [0.1, 0.15) is 43.6 Å². The van der Waals surface area contributed by atoms with Gasteiger partial charge in [-0.25, -0.2) is 0 Å². The predicted molar refractivity (Wildman–Crippen MR) is 112 cm³/mol. The van der Waals surface area contributed by atoms with Crippen molar-refractivity contribution < 1.29 is 19.1 Å². The molecule has 3 N–H and O–H groups in total. The average Bonchev–Trinajstić information content (AvgIpc) is 3.53. The Morgan fingerprint density at radius 1 is 1.17 bits per heavy atom. The van der Waals surface area contributed by atoms with Gasteiger partial charge in [0.05, 0.1) is 0 Å². The number of carbonyl (C=O) groups is 2. The molecule has 29 heavy (non-hydrogen) atoms. The predicted octanol–water partition coefficient (Wildman–Crippen LogP) is 1.83. The first-order valence-electron chi connectivity index (χ1n) is 10.3. The Hall–Kier alpha value is -1.99. The van der Waals surface area contributed by atoms with Gasteiger partial charge in [0, 0.05) is 38.0 Å². The van der Waals surface area contributed by atoms with Crippen LogP contribution in [-0.4, -0.2) is 55.6 Å². The SMILES string of the molecule is Cl.NCCC(=O)NCC1CCCCN1C(=O)C1CC1c1ccc2c(c1)OCCO2. The number of nitrogens with one attached hydrogen (secondary N) is 1. The van der Waals surface area contributed by atoms with Crippen molar-refractivity contribution in [2.24, 2.45) is 11.7 Å². The number of benzene rings is 1. The minimum absolute atomic E-state index is 0. The summed E-state index contributed by atoms with van der Waals surface area (Å²) in [4.78, 5) is 26.9. The molecule has 0 spiro atoms. The number of nitrogens with zero attached hydrogens (tertiary/aromatic N) is 1. The van der Waals surface area contributed by atoms with Crippen LogP contribution in [0.4, 0.5) is 0 Å². The summed E-state index contributed by atoms with van der Waals surface area (Å²) >= 11 is 0. The molecule has 2 aliphatic heterocycles. The third-order valence-electron chi connectivity index (χ3n) is 5.92. The molecule has 1 saturated heterocycles. The van der Waals surface area contributed by atoms with E-state index in [1.807, 2.05) is 23.1 Å². The van der Waals surface area contributed by atoms with E-state index in [1.54, 1.807) is 0 Å². The summed E-state index contributed by atoms with van der Waals surface area (Å²) in [6, 6.07) is 6.10. The number of fused-ring (bicyclic) bond motifs is 1. The maximum Gasteiger partial charge on any atom is 0.226 e. The van der Waals surface area contributed by atoms with E-state index < -0.39 is 0 Å². The van der Waals surface area contributed by atoms with Crippen LogP contribution in [0.3, 0.4) is 0 Å². The largest absolute Gasteiger partial charge is 0.486 e. The van der Waals surface area contributed by atoms with Crippen LogP contribution in [0, 0.1) is 5.92 Å². The van der Waals surface area contributed by atoms with Crippen LogP contribution in [0.5, 0.6) is 11.5 Å². The monoisotopic (exact) mass is 423 g/mol. The van der Waals surface area contributed by atoms with E-state index in [0.717, 1.165) is 49.3 Å². The van der Waals surface area contributed by atoms with Gasteiger partial charge >= 0.3 is 0 Å². The summed E-state index contributed by atoms with van der Waals surface area (Å²) in [6.07, 6.45) is 4.27. The summed E-state index contributed by atoms with van der Waals surface area (Å²) < 4.78 is 11.3. The molecule has 4 rings (SSSR count). The van der Waals surface area contributed by atoms with Crippen LogP contribution in [0.2, 0.25) is 0 Å². The zero-order valence-corrected chi connectivity index (χ0v) is 17.4. The number of carbonyl (C=O) groups excluding carboxylic acids is 2. The molecule has 1 aliphatic carbocycles. The lowest BCUT2D eigenvalue weighted by molar-refractivity contribution is -0.137. The molecule has 8 heteroatoms. The summed E-state index contributed by atoms with van der Waals surface area (Å²) in [5.74, 6) is 2.02. The molecule has 2 heterocycles. The zero-order valence-electron chi connectivity index (χ0n) is 16.6. The minimum Gasteiger partial charge on any atom is -0.486 e. The smallest absolute Gasteiger partial charge is 0.226 e. The molecule has 0 bridgehead atoms. The highest BCUT2D eigenvalue weighted by atomic mass is 35.5. The van der Waals surface area contributed by atoms with Crippen LogP contribution >= 0.6 is 12.4 Å². The Kier molecular flexibility index (Phi) is 7.24. The molecule has 1 aromatic carbocycles. The molecule has 3 unspecified atom stereocenters. The van der Waals surface area contributed by atoms with E-state index in [-0.39, 0.29) is 42.1 Å². The topological polar surface area (TPSA) is 93.9 Å². The quantitative estimate of drug-likeness (QED) is 0.728. The van der Waals surface area contributed by atoms with E-state index in [0.29, 0.717) is 32.7 Å². The molecule has 0 radical (unpaired) electrons. The van der Waals surface area contributed by atoms with Gasteiger partial charge in [0.2, 0.25) is 11.8 Å². The molecule has 2 amide bonds. The lowest BCUT2D eigenvalue weighted by atomic mass is 10.0. The molecule has 3 aliphatic rings. The highest BCUT2D eigenvalue weighted by molar-refractivity contribution is 5.85. The Labute approximate surface area is 177 Å². The van der Waals surface area contributed by atoms with E-state index in [2.05, 4.69) is 5.32 Å². The lowest BCUT2D eigenvalue weighted by Gasteiger charge is -2.36. The van der Waals surface area contributed by atoms with E-state index in [1.165, 1.54) is 0 Å². The van der Waals surface area contributed by atoms with Gasteiger partial charge < -0.3 is 25.4 Å². The van der Waals surface area contributed by atoms with Crippen molar-refractivity contribution in [2.75, 3.05) is 32.8 Å². The van der Waals surface area contributed by atoms with Gasteiger partial charge in [-0.05, 0) is 49.3 Å². The standard InChI is InChI=1S/C21H29N3O4.ClH/c22-7-6-20(25)23-13-15-3-1-2-8-24(15)21(26)17-12-16(17)14-4-5-18-19(11-14)28-10-9-27-18;/h4-5,11,15-17H,1-3,6-10,12-13,22H2,(H,23,25);1H. The Bertz CT molecular complexity index is 745. The Morgan fingerprint density at radius 3 is 2.76 bits per heavy atom. The minimum atomic E-state index is -0.0407. The maximum atomic E-state index is 13.2. The Balaban J connectivity index is 0.00000240. The lowest BCUT2D eigenvalue weighted by Crippen LogP contribution is -2.50. The van der Waals surface area contributed by atoms with Crippen molar-refractivity contribution in [3.05, 3.63) is 23.8 Å². The van der Waals surface area contributed by atoms with Crippen molar-refractivity contribution in [3.63, 3.8) is 0 Å². The van der Waals surface area contributed by atoms with E-state index >= 15 is 0 Å². The van der Waals surface area contributed by atoms with Crippen LogP contribution in [0.25, 0.3) is 0 Å². The second-order valence-electron chi connectivity index (χ2n) is 7.88. The van der Waals surface area contributed by atoms with Gasteiger partial charge in [0.1, 0.15) is 13.2 Å². The van der Waals surface area contributed by atoms with Gasteiger partial charge in [-0.3, -0.25) is 9.59 Å². The van der Waals surface area contributed by atoms with Crippen molar-refractivity contribution in [1.29, 1.82) is 0 Å². The third-order valence-corrected chi connectivity index (χ3v) is 5.92. The van der Waals surface area contributed by atoms with Crippen molar-refractivity contribution in [1.82, 2.24) is 10.2 Å². The molecule has 1 aromatic rings. The van der Waals surface area contributed by atoms with Gasteiger partial charge in [0.25, 0.3) is 0 Å². The first kappa shape index (κ1) is 21.7. The number of likely N-dealkylation sites (tertiary alicyclic amines) is 1. The number of hydrogen-bond acceptors (Lipinski definition) is 5. The van der Waals surface area contributed by atoms with E-state index in [4.69, 9.17) is 15.2 Å². The fourth-order valence-corrected chi connectivity index (χ4v) is 4.29. The fourth-order valence-electron chi connectivity index (χ4n) is 4.29. The molecule has 160 valence electrons. The van der Waals surface area contributed by atoms with E-state index in [9.17, 15) is 9.59 Å². The highest BCUT2D eigenvalue weighted by Crippen LogP contribution is 2.50. The van der Waals surface area contributed by atoms with Crippen molar-refractivity contribution >= 4 is 24.2 Å². The first-order valence-corrected chi connectivity index (χ1v) is 10.3. The van der Waals surface area contributed by atoms with Gasteiger partial charge in [-0.2, -0.15) is 0 Å². The molecular formula is C21H30ClN3O4. The summed E-state index contributed by atoms with van der Waals surface area (Å²) in [5.41, 5.74) is 6.58. The normalized spacial score (nSPS) is 25.0. The fraction of sp³-hybridized carbons (Fsp3) is 0.619. The summed E-state index contributed by atoms with van der Waals surface area (Å²) in [5, 5.41) is 2.93. The van der Waals surface area contributed by atoms with Gasteiger partial charge in [0.15, 0.2) is 11.5 Å². The highest BCUT2D eigenvalue weighted by Gasteiger charge is 2.47. The molecule has 2 fully saturated rings. The number of hydrogen-bond donors (Lipinski definition) is 2. The number of nitrogens with two attached hydrogens (primary N) is 1. The zero-order chi connectivity index (χ0) is 19.5. The van der Waals surface area contributed by atoms with Crippen LogP contribution in [-0.2, 0) is 9.59 Å². The number of ether oxygens (including phenoxy) is 2. The number of piperidine rings is 1.